The van der Waals surface area contributed by atoms with Gasteiger partial charge in [-0.1, -0.05) is 18.2 Å². The van der Waals surface area contributed by atoms with Crippen LogP contribution in [-0.2, 0) is 6.54 Å². The monoisotopic (exact) mass is 361 g/mol. The van der Waals surface area contributed by atoms with E-state index in [4.69, 9.17) is 5.10 Å². The summed E-state index contributed by atoms with van der Waals surface area (Å²) in [6.45, 7) is 4.05. The van der Waals surface area contributed by atoms with Gasteiger partial charge in [0.15, 0.2) is 0 Å². The summed E-state index contributed by atoms with van der Waals surface area (Å²) >= 11 is 0. The Labute approximate surface area is 161 Å². The largest absolute Gasteiger partial charge is 0.311 e. The summed E-state index contributed by atoms with van der Waals surface area (Å²) in [5, 5.41) is 8.47. The van der Waals surface area contributed by atoms with E-state index in [-0.39, 0.29) is 0 Å². The van der Waals surface area contributed by atoms with Crippen molar-refractivity contribution in [3.05, 3.63) is 66.6 Å². The Bertz CT molecular complexity index is 855. The summed E-state index contributed by atoms with van der Waals surface area (Å²) in [7, 11) is 2.23. The van der Waals surface area contributed by atoms with Gasteiger partial charge in [-0.3, -0.25) is 9.88 Å². The third-order valence-corrected chi connectivity index (χ3v) is 5.32. The molecule has 0 bridgehead atoms. The number of aromatic nitrogens is 3. The Morgan fingerprint density at radius 2 is 2.00 bits per heavy atom. The molecule has 0 saturated heterocycles. The third kappa shape index (κ3) is 4.26. The SMILES string of the molecule is CC(CNCc1cn(-c2ccccc2)nc1-c1cccnc1)N(C)C1CC1. The van der Waals surface area contributed by atoms with E-state index < -0.39 is 0 Å². The number of hydrogen-bond acceptors (Lipinski definition) is 4. The van der Waals surface area contributed by atoms with Gasteiger partial charge in [0, 0.05) is 54.9 Å². The van der Waals surface area contributed by atoms with Crippen LogP contribution in [0.2, 0.25) is 0 Å². The average molecular weight is 361 g/mol. The van der Waals surface area contributed by atoms with Crippen LogP contribution < -0.4 is 5.32 Å². The van der Waals surface area contributed by atoms with Crippen molar-refractivity contribution in [3.63, 3.8) is 0 Å². The van der Waals surface area contributed by atoms with Gasteiger partial charge in [-0.2, -0.15) is 5.10 Å². The van der Waals surface area contributed by atoms with Crippen LogP contribution in [0.1, 0.15) is 25.3 Å². The van der Waals surface area contributed by atoms with E-state index in [1.165, 1.54) is 18.4 Å². The van der Waals surface area contributed by atoms with Crippen molar-refractivity contribution in [1.82, 2.24) is 25.0 Å². The van der Waals surface area contributed by atoms with Crippen LogP contribution in [0.3, 0.4) is 0 Å². The predicted molar refractivity (Wildman–Crippen MR) is 109 cm³/mol. The zero-order chi connectivity index (χ0) is 18.6. The van der Waals surface area contributed by atoms with Crippen LogP contribution in [0.5, 0.6) is 0 Å². The Balaban J connectivity index is 1.52. The summed E-state index contributed by atoms with van der Waals surface area (Å²) in [6.07, 6.45) is 8.49. The van der Waals surface area contributed by atoms with Gasteiger partial charge in [0.2, 0.25) is 0 Å². The molecule has 1 aromatic carbocycles. The molecule has 4 rings (SSSR count). The van der Waals surface area contributed by atoms with E-state index >= 15 is 0 Å². The number of nitrogens with zero attached hydrogens (tertiary/aromatic N) is 4. The molecule has 1 aliphatic rings. The normalized spacial score (nSPS) is 15.2. The lowest BCUT2D eigenvalue weighted by atomic mass is 10.1. The van der Waals surface area contributed by atoms with Crippen LogP contribution in [0.15, 0.2) is 61.1 Å². The van der Waals surface area contributed by atoms with Gasteiger partial charge in [0.05, 0.1) is 11.4 Å². The van der Waals surface area contributed by atoms with E-state index in [1.54, 1.807) is 6.20 Å². The average Bonchev–Trinajstić information content (AvgIpc) is 3.48. The molecule has 1 unspecified atom stereocenters. The minimum atomic E-state index is 0.531. The molecule has 5 nitrogen and oxygen atoms in total. The summed E-state index contributed by atoms with van der Waals surface area (Å²) in [5.74, 6) is 0. The Morgan fingerprint density at radius 3 is 2.70 bits per heavy atom. The number of para-hydroxylation sites is 1. The van der Waals surface area contributed by atoms with Gasteiger partial charge in [-0.15, -0.1) is 0 Å². The van der Waals surface area contributed by atoms with Gasteiger partial charge in [-0.05, 0) is 51.1 Å². The van der Waals surface area contributed by atoms with Crippen LogP contribution in [0, 0.1) is 0 Å². The maximum atomic E-state index is 4.85. The maximum Gasteiger partial charge on any atom is 0.0988 e. The highest BCUT2D eigenvalue weighted by atomic mass is 15.3. The highest BCUT2D eigenvalue weighted by Crippen LogP contribution is 2.27. The van der Waals surface area contributed by atoms with Gasteiger partial charge in [0.25, 0.3) is 0 Å². The smallest absolute Gasteiger partial charge is 0.0988 e. The van der Waals surface area contributed by atoms with E-state index in [1.807, 2.05) is 35.1 Å². The van der Waals surface area contributed by atoms with E-state index in [9.17, 15) is 0 Å². The number of pyridine rings is 1. The van der Waals surface area contributed by atoms with Crippen LogP contribution in [0.25, 0.3) is 16.9 Å². The minimum Gasteiger partial charge on any atom is -0.311 e. The molecule has 0 spiro atoms. The highest BCUT2D eigenvalue weighted by molar-refractivity contribution is 5.62. The first kappa shape index (κ1) is 17.9. The fourth-order valence-electron chi connectivity index (χ4n) is 3.40. The maximum absolute atomic E-state index is 4.85. The Morgan fingerprint density at radius 1 is 1.19 bits per heavy atom. The molecule has 3 aromatic rings. The van der Waals surface area contributed by atoms with Crippen LogP contribution >= 0.6 is 0 Å². The zero-order valence-electron chi connectivity index (χ0n) is 16.0. The number of likely N-dealkylation sites (N-methyl/N-ethyl adjacent to an activating group) is 1. The van der Waals surface area contributed by atoms with Crippen molar-refractivity contribution in [1.29, 1.82) is 0 Å². The first-order chi connectivity index (χ1) is 13.2. The standard InChI is InChI=1S/C22H27N5/c1-17(26(2)20-10-11-20)13-24-15-19-16-27(21-8-4-3-5-9-21)25-22(19)18-7-6-12-23-14-18/h3-9,12,14,16-17,20,24H,10-11,13,15H2,1-2H3. The van der Waals surface area contributed by atoms with E-state index in [0.29, 0.717) is 6.04 Å². The first-order valence-corrected chi connectivity index (χ1v) is 9.69. The van der Waals surface area contributed by atoms with Crippen molar-refractivity contribution >= 4 is 0 Å². The second-order valence-electron chi connectivity index (χ2n) is 7.40. The highest BCUT2D eigenvalue weighted by Gasteiger charge is 2.28. The van der Waals surface area contributed by atoms with Crippen LogP contribution in [-0.4, -0.2) is 45.3 Å². The Kier molecular flexibility index (Phi) is 5.32. The molecule has 1 saturated carbocycles. The number of nitrogens with one attached hydrogen (secondary N) is 1. The quantitative estimate of drug-likeness (QED) is 0.667. The lowest BCUT2D eigenvalue weighted by molar-refractivity contribution is 0.241. The molecular formula is C22H27N5. The molecule has 0 aliphatic heterocycles. The number of hydrogen-bond donors (Lipinski definition) is 1. The first-order valence-electron chi connectivity index (χ1n) is 9.69. The molecule has 0 amide bonds. The number of benzene rings is 1. The second kappa shape index (κ2) is 8.03. The number of rotatable bonds is 8. The fraction of sp³-hybridized carbons (Fsp3) is 0.364. The summed E-state index contributed by atoms with van der Waals surface area (Å²) in [6, 6.07) is 15.6. The summed E-state index contributed by atoms with van der Waals surface area (Å²) < 4.78 is 1.96. The van der Waals surface area contributed by atoms with Crippen molar-refractivity contribution in [2.45, 2.75) is 38.4 Å². The van der Waals surface area contributed by atoms with Crippen molar-refractivity contribution in [2.24, 2.45) is 0 Å². The molecule has 1 aliphatic carbocycles. The van der Waals surface area contributed by atoms with Crippen molar-refractivity contribution in [3.8, 4) is 16.9 Å². The topological polar surface area (TPSA) is 46.0 Å². The lowest BCUT2D eigenvalue weighted by Crippen LogP contribution is -2.38. The molecule has 1 N–H and O–H groups in total. The van der Waals surface area contributed by atoms with Gasteiger partial charge >= 0.3 is 0 Å². The van der Waals surface area contributed by atoms with Gasteiger partial charge in [0.1, 0.15) is 0 Å². The molecule has 2 heterocycles. The lowest BCUT2D eigenvalue weighted by Gasteiger charge is -2.24. The Hall–Kier alpha value is -2.50. The van der Waals surface area contributed by atoms with Crippen LogP contribution in [0.4, 0.5) is 0 Å². The molecule has 1 atom stereocenters. The molecule has 5 heteroatoms. The van der Waals surface area contributed by atoms with Crippen molar-refractivity contribution < 1.29 is 0 Å². The molecule has 1 fully saturated rings. The summed E-state index contributed by atoms with van der Waals surface area (Å²) in [4.78, 5) is 6.75. The molecule has 27 heavy (non-hydrogen) atoms. The molecule has 140 valence electrons. The molecule has 0 radical (unpaired) electrons. The summed E-state index contributed by atoms with van der Waals surface area (Å²) in [5.41, 5.74) is 4.29. The van der Waals surface area contributed by atoms with Gasteiger partial charge < -0.3 is 5.32 Å². The molecule has 2 aromatic heterocycles. The second-order valence-corrected chi connectivity index (χ2v) is 7.40. The third-order valence-electron chi connectivity index (χ3n) is 5.32. The minimum absolute atomic E-state index is 0.531. The van der Waals surface area contributed by atoms with Gasteiger partial charge in [-0.25, -0.2) is 4.68 Å². The van der Waals surface area contributed by atoms with E-state index in [0.717, 1.165) is 36.1 Å². The predicted octanol–water partition coefficient (Wildman–Crippen LogP) is 3.51. The zero-order valence-corrected chi connectivity index (χ0v) is 16.0. The fourth-order valence-corrected chi connectivity index (χ4v) is 3.40. The van der Waals surface area contributed by atoms with Crippen molar-refractivity contribution in [2.75, 3.05) is 13.6 Å². The van der Waals surface area contributed by atoms with E-state index in [2.05, 4.69) is 53.6 Å². The molecular weight excluding hydrogens is 334 g/mol.